The minimum atomic E-state index is -0.333. The van der Waals surface area contributed by atoms with Gasteiger partial charge in [-0.1, -0.05) is 72.8 Å². The second-order valence-electron chi connectivity index (χ2n) is 6.52. The molecule has 1 heterocycles. The third kappa shape index (κ3) is 3.98. The second-order valence-corrected chi connectivity index (χ2v) is 7.52. The van der Waals surface area contributed by atoms with Gasteiger partial charge in [0.1, 0.15) is 0 Å². The highest BCUT2D eigenvalue weighted by Gasteiger charge is 2.35. The van der Waals surface area contributed by atoms with Crippen molar-refractivity contribution in [3.8, 4) is 17.2 Å². The largest absolute Gasteiger partial charge is 0.293 e. The Morgan fingerprint density at radius 1 is 0.862 bits per heavy atom. The Bertz CT molecular complexity index is 1150. The molecule has 3 aromatic carbocycles. The number of carbonyl (C=O) groups is 2. The van der Waals surface area contributed by atoms with E-state index in [1.165, 1.54) is 4.90 Å². The Morgan fingerprint density at radius 2 is 1.52 bits per heavy atom. The van der Waals surface area contributed by atoms with Crippen LogP contribution in [0.1, 0.15) is 16.7 Å². The van der Waals surface area contributed by atoms with E-state index in [4.69, 9.17) is 0 Å². The van der Waals surface area contributed by atoms with E-state index in [2.05, 4.69) is 6.07 Å². The average Bonchev–Trinajstić information content (AvgIpc) is 3.02. The van der Waals surface area contributed by atoms with Crippen LogP contribution in [-0.4, -0.2) is 16.0 Å². The lowest BCUT2D eigenvalue weighted by atomic mass is 10.0. The van der Waals surface area contributed by atoms with Gasteiger partial charge in [0, 0.05) is 0 Å². The Hall–Kier alpha value is -3.62. The van der Waals surface area contributed by atoms with Gasteiger partial charge >= 0.3 is 0 Å². The van der Waals surface area contributed by atoms with Gasteiger partial charge in [-0.15, -0.1) is 0 Å². The molecule has 1 aliphatic heterocycles. The van der Waals surface area contributed by atoms with Crippen molar-refractivity contribution in [2.45, 2.75) is 6.54 Å². The van der Waals surface area contributed by atoms with Crippen molar-refractivity contribution < 1.29 is 9.59 Å². The molecule has 1 aliphatic rings. The summed E-state index contributed by atoms with van der Waals surface area (Å²) in [6, 6.07) is 27.0. The van der Waals surface area contributed by atoms with Gasteiger partial charge in [-0.05, 0) is 46.2 Å². The SMILES string of the molecule is N#Cc1ccccc1CN1C(=O)S/C(=C/c2ccc(-c3ccccc3)cc2)C1=O. The number of imide groups is 1. The van der Waals surface area contributed by atoms with Crippen LogP contribution in [0.4, 0.5) is 4.79 Å². The number of nitrogens with zero attached hydrogens (tertiary/aromatic N) is 2. The quantitative estimate of drug-likeness (QED) is 0.549. The van der Waals surface area contributed by atoms with Crippen LogP contribution < -0.4 is 0 Å². The molecule has 0 aliphatic carbocycles. The van der Waals surface area contributed by atoms with Crippen molar-refractivity contribution in [3.63, 3.8) is 0 Å². The van der Waals surface area contributed by atoms with Crippen molar-refractivity contribution in [1.29, 1.82) is 5.26 Å². The molecule has 0 aromatic heterocycles. The summed E-state index contributed by atoms with van der Waals surface area (Å²) in [5, 5.41) is 8.90. The smallest absolute Gasteiger partial charge is 0.268 e. The zero-order chi connectivity index (χ0) is 20.2. The maximum Gasteiger partial charge on any atom is 0.293 e. The molecule has 0 saturated carbocycles. The zero-order valence-electron chi connectivity index (χ0n) is 15.4. The summed E-state index contributed by atoms with van der Waals surface area (Å²) >= 11 is 0.926. The molecular weight excluding hydrogens is 380 g/mol. The fraction of sp³-hybridized carbons (Fsp3) is 0.0417. The second kappa shape index (κ2) is 8.17. The van der Waals surface area contributed by atoms with Gasteiger partial charge in [0.05, 0.1) is 23.1 Å². The van der Waals surface area contributed by atoms with Gasteiger partial charge in [0.15, 0.2) is 0 Å². The molecule has 1 saturated heterocycles. The summed E-state index contributed by atoms with van der Waals surface area (Å²) in [7, 11) is 0. The van der Waals surface area contributed by atoms with Gasteiger partial charge in [-0.25, -0.2) is 0 Å². The zero-order valence-corrected chi connectivity index (χ0v) is 16.2. The van der Waals surface area contributed by atoms with Crippen molar-refractivity contribution in [2.75, 3.05) is 0 Å². The van der Waals surface area contributed by atoms with E-state index in [1.807, 2.05) is 54.6 Å². The molecule has 0 radical (unpaired) electrons. The first-order valence-electron chi connectivity index (χ1n) is 9.04. The predicted molar refractivity (Wildman–Crippen MR) is 115 cm³/mol. The molecule has 4 nitrogen and oxygen atoms in total. The molecule has 2 amide bonds. The van der Waals surface area contributed by atoms with Gasteiger partial charge in [-0.2, -0.15) is 5.26 Å². The number of rotatable bonds is 4. The third-order valence-electron chi connectivity index (χ3n) is 4.66. The summed E-state index contributed by atoms with van der Waals surface area (Å²) in [5.74, 6) is -0.333. The van der Waals surface area contributed by atoms with E-state index in [0.717, 1.165) is 28.5 Å². The number of benzene rings is 3. The number of hydrogen-bond acceptors (Lipinski definition) is 4. The molecule has 140 valence electrons. The fourth-order valence-corrected chi connectivity index (χ4v) is 3.97. The summed E-state index contributed by atoms with van der Waals surface area (Å²) < 4.78 is 0. The molecule has 0 atom stereocenters. The monoisotopic (exact) mass is 396 g/mol. The highest BCUT2D eigenvalue weighted by Crippen LogP contribution is 2.34. The van der Waals surface area contributed by atoms with E-state index in [0.29, 0.717) is 16.0 Å². The van der Waals surface area contributed by atoms with E-state index < -0.39 is 0 Å². The maximum absolute atomic E-state index is 12.7. The van der Waals surface area contributed by atoms with Crippen LogP contribution in [0.2, 0.25) is 0 Å². The maximum atomic E-state index is 12.7. The molecular formula is C24H16N2O2S. The lowest BCUT2D eigenvalue weighted by Crippen LogP contribution is -2.27. The Morgan fingerprint density at radius 3 is 2.24 bits per heavy atom. The minimum Gasteiger partial charge on any atom is -0.268 e. The number of nitriles is 1. The normalized spacial score (nSPS) is 15.0. The molecule has 29 heavy (non-hydrogen) atoms. The first-order valence-corrected chi connectivity index (χ1v) is 9.86. The van der Waals surface area contributed by atoms with Crippen molar-refractivity contribution >= 4 is 29.0 Å². The Labute approximate surface area is 173 Å². The third-order valence-corrected chi connectivity index (χ3v) is 5.56. The molecule has 1 fully saturated rings. The van der Waals surface area contributed by atoms with Gasteiger partial charge < -0.3 is 0 Å². The highest BCUT2D eigenvalue weighted by molar-refractivity contribution is 8.18. The number of carbonyl (C=O) groups excluding carboxylic acids is 2. The number of thioether (sulfide) groups is 1. The fourth-order valence-electron chi connectivity index (χ4n) is 3.13. The van der Waals surface area contributed by atoms with E-state index >= 15 is 0 Å². The van der Waals surface area contributed by atoms with Crippen LogP contribution in [0, 0.1) is 11.3 Å². The minimum absolute atomic E-state index is 0.0959. The molecule has 3 aromatic rings. The van der Waals surface area contributed by atoms with E-state index in [-0.39, 0.29) is 17.7 Å². The molecule has 0 bridgehead atoms. The van der Waals surface area contributed by atoms with Gasteiger partial charge in [0.2, 0.25) is 0 Å². The topological polar surface area (TPSA) is 61.2 Å². The van der Waals surface area contributed by atoms with Gasteiger partial charge in [0.25, 0.3) is 11.1 Å². The highest BCUT2D eigenvalue weighted by atomic mass is 32.2. The van der Waals surface area contributed by atoms with Crippen molar-refractivity contribution in [3.05, 3.63) is 100 Å². The van der Waals surface area contributed by atoms with Crippen LogP contribution in [-0.2, 0) is 11.3 Å². The Balaban J connectivity index is 1.54. The standard InChI is InChI=1S/C24H16N2O2S/c25-15-20-8-4-5-9-21(20)16-26-23(27)22(29-24(26)28)14-17-10-12-19(13-11-17)18-6-2-1-3-7-18/h1-14H,16H2/b22-14+. The van der Waals surface area contributed by atoms with Crippen LogP contribution in [0.3, 0.4) is 0 Å². The Kier molecular flexibility index (Phi) is 5.28. The lowest BCUT2D eigenvalue weighted by Gasteiger charge is -2.13. The van der Waals surface area contributed by atoms with Crippen molar-refractivity contribution in [1.82, 2.24) is 4.90 Å². The van der Waals surface area contributed by atoms with Crippen LogP contribution >= 0.6 is 11.8 Å². The van der Waals surface area contributed by atoms with E-state index in [9.17, 15) is 14.9 Å². The van der Waals surface area contributed by atoms with Crippen LogP contribution in [0.5, 0.6) is 0 Å². The van der Waals surface area contributed by atoms with Crippen LogP contribution in [0.15, 0.2) is 83.8 Å². The molecule has 0 N–H and O–H groups in total. The summed E-state index contributed by atoms with van der Waals surface area (Å²) in [4.78, 5) is 26.7. The summed E-state index contributed by atoms with van der Waals surface area (Å²) in [5.41, 5.74) is 4.19. The average molecular weight is 396 g/mol. The number of hydrogen-bond donors (Lipinski definition) is 0. The first kappa shape index (κ1) is 18.7. The molecule has 0 spiro atoms. The van der Waals surface area contributed by atoms with Crippen molar-refractivity contribution in [2.24, 2.45) is 0 Å². The van der Waals surface area contributed by atoms with Gasteiger partial charge in [-0.3, -0.25) is 14.5 Å². The number of amides is 2. The van der Waals surface area contributed by atoms with E-state index in [1.54, 1.807) is 30.3 Å². The predicted octanol–water partition coefficient (Wildman–Crippen LogP) is 5.46. The molecule has 4 rings (SSSR count). The lowest BCUT2D eigenvalue weighted by molar-refractivity contribution is -0.123. The summed E-state index contributed by atoms with van der Waals surface area (Å²) in [6.45, 7) is 0.0959. The van der Waals surface area contributed by atoms with Crippen LogP contribution in [0.25, 0.3) is 17.2 Å². The summed E-state index contributed by atoms with van der Waals surface area (Å²) in [6.07, 6.45) is 1.73. The molecule has 5 heteroatoms. The molecule has 0 unspecified atom stereocenters. The first-order chi connectivity index (χ1) is 14.2.